The second-order valence-electron chi connectivity index (χ2n) is 20.9. The van der Waals surface area contributed by atoms with E-state index in [4.69, 9.17) is 74.8 Å². The lowest BCUT2D eigenvalue weighted by Gasteiger charge is -2.33. The third-order valence-electron chi connectivity index (χ3n) is 14.3. The first-order valence-electron chi connectivity index (χ1n) is 29.1. The van der Waals surface area contributed by atoms with Crippen LogP contribution >= 0.6 is 58.8 Å². The van der Waals surface area contributed by atoms with Gasteiger partial charge in [-0.05, 0) is 95.7 Å². The molecule has 87 heavy (non-hydrogen) atoms. The van der Waals surface area contributed by atoms with Crippen LogP contribution in [0.25, 0.3) is 22.3 Å². The molecule has 0 saturated carbocycles. The van der Waals surface area contributed by atoms with Crippen molar-refractivity contribution in [1.29, 1.82) is 0 Å². The number of benzene rings is 4. The zero-order valence-corrected chi connectivity index (χ0v) is 53.1. The molecule has 6 aromatic rings. The summed E-state index contributed by atoms with van der Waals surface area (Å²) in [5, 5.41) is 20.3. The van der Waals surface area contributed by atoms with Crippen LogP contribution in [0, 0.1) is 0 Å². The van der Waals surface area contributed by atoms with Gasteiger partial charge in [-0.1, -0.05) is 94.9 Å². The molecule has 0 spiro atoms. The van der Waals surface area contributed by atoms with Crippen molar-refractivity contribution >= 4 is 82.8 Å². The lowest BCUT2D eigenvalue weighted by Crippen LogP contribution is -2.39. The quantitative estimate of drug-likeness (QED) is 0.0204. The van der Waals surface area contributed by atoms with Crippen LogP contribution in [-0.4, -0.2) is 188 Å². The van der Waals surface area contributed by atoms with Gasteiger partial charge in [0.25, 0.3) is 0 Å². The van der Waals surface area contributed by atoms with E-state index < -0.39 is 0 Å². The predicted octanol–water partition coefficient (Wildman–Crippen LogP) is 9.79. The Morgan fingerprint density at radius 1 is 0.460 bits per heavy atom. The monoisotopic (exact) mass is 1290 g/mol. The van der Waals surface area contributed by atoms with Gasteiger partial charge < -0.3 is 70.1 Å². The Balaban J connectivity index is 0.0000108. The van der Waals surface area contributed by atoms with E-state index in [2.05, 4.69) is 124 Å². The number of amides is 4. The van der Waals surface area contributed by atoms with Gasteiger partial charge in [-0.15, -0.1) is 12.4 Å². The first-order chi connectivity index (χ1) is 42.0. The molecular weight excluding hydrogens is 1220 g/mol. The molecule has 0 radical (unpaired) electrons. The fourth-order valence-electron chi connectivity index (χ4n) is 10.1. The molecule has 0 unspecified atom stereocenters. The molecule has 0 saturated heterocycles. The molecule has 4 heterocycles. The summed E-state index contributed by atoms with van der Waals surface area (Å²) in [6, 6.07) is 24.1. The summed E-state index contributed by atoms with van der Waals surface area (Å²) in [5.41, 5.74) is 10.9. The van der Waals surface area contributed by atoms with E-state index in [-0.39, 0.29) is 36.3 Å². The first-order valence-corrected chi connectivity index (χ1v) is 30.6. The average Bonchev–Trinajstić information content (AvgIpc) is 1.52. The number of rotatable bonds is 35. The topological polar surface area (TPSA) is 220 Å². The molecule has 4 aromatic carbocycles. The number of carbonyl (C=O) groups is 2. The minimum absolute atomic E-state index is 0. The van der Waals surface area contributed by atoms with E-state index in [1.807, 2.05) is 49.1 Å². The molecule has 20 nitrogen and oxygen atoms in total. The second-order valence-corrected chi connectivity index (χ2v) is 22.5. The van der Waals surface area contributed by atoms with Crippen LogP contribution in [0.3, 0.4) is 0 Å². The standard InChI is InChI=1S/C62H78Cl4N12O8.ClH/c1-77-39-53(51-31-49(63)33-57(65)55(51)41-77)45-9-5-7-43(29-45)47-35-73-59(74-36-47)67-13-17-81-21-25-85-27-23-83-19-15-71-61(79)69-11-3-4-12-70-62(80)72-16-20-84-24-28-86-26-22-82-18-14-68-60-75-37-48(38-76-60)44-8-6-10-46(30-44)54-40-78(2)42-56-52(54)32-50(64)34-58(56)66;/h5-10,29-38,53-54H,3-4,11-28,39-42H2,1-2H3,(H,67,73,74)(H,68,75,76)(H2,69,71,79)(H2,70,72,80);1H/t53-,54-;/m0./s1. The molecule has 2 atom stereocenters. The summed E-state index contributed by atoms with van der Waals surface area (Å²) in [6.45, 7) is 11.1. The average molecular weight is 1300 g/mol. The number of halogens is 5. The summed E-state index contributed by atoms with van der Waals surface area (Å²) < 4.78 is 33.6. The van der Waals surface area contributed by atoms with Gasteiger partial charge in [0.2, 0.25) is 11.9 Å². The number of nitrogens with one attached hydrogen (secondary N) is 6. The van der Waals surface area contributed by atoms with Gasteiger partial charge >= 0.3 is 12.1 Å². The second kappa shape index (κ2) is 37.3. The van der Waals surface area contributed by atoms with Gasteiger partial charge in [-0.25, -0.2) is 29.5 Å². The van der Waals surface area contributed by atoms with Crippen molar-refractivity contribution in [3.05, 3.63) is 151 Å². The van der Waals surface area contributed by atoms with Gasteiger partial charge in [0.1, 0.15) is 0 Å². The highest BCUT2D eigenvalue weighted by Gasteiger charge is 2.29. The molecule has 4 amide bonds. The van der Waals surface area contributed by atoms with E-state index in [0.29, 0.717) is 163 Å². The van der Waals surface area contributed by atoms with Crippen molar-refractivity contribution in [2.24, 2.45) is 0 Å². The van der Waals surface area contributed by atoms with Crippen molar-refractivity contribution in [3.8, 4) is 22.3 Å². The number of urea groups is 2. The van der Waals surface area contributed by atoms with Crippen molar-refractivity contribution in [2.45, 2.75) is 37.8 Å². The van der Waals surface area contributed by atoms with Gasteiger partial charge in [-0.2, -0.15) is 0 Å². The molecule has 8 rings (SSSR count). The van der Waals surface area contributed by atoms with Crippen molar-refractivity contribution in [1.82, 2.24) is 51.0 Å². The summed E-state index contributed by atoms with van der Waals surface area (Å²) in [7, 11) is 4.21. The van der Waals surface area contributed by atoms with E-state index in [0.717, 1.165) is 59.6 Å². The minimum atomic E-state index is -0.273. The summed E-state index contributed by atoms with van der Waals surface area (Å²) >= 11 is 26.0. The lowest BCUT2D eigenvalue weighted by atomic mass is 9.84. The smallest absolute Gasteiger partial charge is 0.314 e. The lowest BCUT2D eigenvalue weighted by molar-refractivity contribution is 0.0172. The number of hydrogen-bond acceptors (Lipinski definition) is 16. The zero-order chi connectivity index (χ0) is 60.3. The number of fused-ring (bicyclic) bond motifs is 2. The zero-order valence-electron chi connectivity index (χ0n) is 49.2. The number of aromatic nitrogens is 4. The highest BCUT2D eigenvalue weighted by Crippen LogP contribution is 2.41. The Morgan fingerprint density at radius 2 is 0.805 bits per heavy atom. The molecule has 2 aliphatic heterocycles. The molecule has 0 aliphatic carbocycles. The van der Waals surface area contributed by atoms with Gasteiger partial charge in [0, 0.05) is 133 Å². The molecule has 470 valence electrons. The van der Waals surface area contributed by atoms with Gasteiger partial charge in [-0.3, -0.25) is 0 Å². The number of anilines is 2. The highest BCUT2D eigenvalue weighted by atomic mass is 35.5. The first kappa shape index (κ1) is 68.8. The van der Waals surface area contributed by atoms with Gasteiger partial charge in [0.05, 0.1) is 79.3 Å². The summed E-state index contributed by atoms with van der Waals surface area (Å²) in [5.74, 6) is 1.33. The fourth-order valence-corrected chi connectivity index (χ4v) is 11.2. The highest BCUT2D eigenvalue weighted by molar-refractivity contribution is 6.35. The molecule has 0 fully saturated rings. The Labute approximate surface area is 536 Å². The van der Waals surface area contributed by atoms with Crippen LogP contribution in [0.2, 0.25) is 20.1 Å². The minimum Gasteiger partial charge on any atom is -0.377 e. The Kier molecular flexibility index (Phi) is 29.5. The van der Waals surface area contributed by atoms with E-state index in [1.54, 1.807) is 0 Å². The third-order valence-corrected chi connectivity index (χ3v) is 15.4. The Morgan fingerprint density at radius 3 is 1.18 bits per heavy atom. The predicted molar refractivity (Wildman–Crippen MR) is 345 cm³/mol. The fraction of sp³-hybridized carbons (Fsp3) is 0.452. The van der Waals surface area contributed by atoms with Crippen LogP contribution < -0.4 is 31.9 Å². The van der Waals surface area contributed by atoms with Crippen LogP contribution in [0.1, 0.15) is 58.1 Å². The maximum atomic E-state index is 12.1. The van der Waals surface area contributed by atoms with Crippen molar-refractivity contribution in [2.75, 3.05) is 156 Å². The number of hydrogen-bond donors (Lipinski definition) is 6. The normalized spacial score (nSPS) is 14.8. The number of nitrogens with zero attached hydrogens (tertiary/aromatic N) is 6. The third kappa shape index (κ3) is 22.7. The van der Waals surface area contributed by atoms with Crippen LogP contribution in [0.5, 0.6) is 0 Å². The molecular formula is C62H79Cl5N12O8. The largest absolute Gasteiger partial charge is 0.377 e. The van der Waals surface area contributed by atoms with Crippen molar-refractivity contribution < 1.29 is 38.0 Å². The van der Waals surface area contributed by atoms with Crippen LogP contribution in [0.15, 0.2) is 97.6 Å². The maximum Gasteiger partial charge on any atom is 0.314 e. The summed E-state index contributed by atoms with van der Waals surface area (Å²) in [6.07, 6.45) is 8.70. The molecule has 0 bridgehead atoms. The SMILES string of the molecule is CN1Cc2c(Cl)cc(Cl)cc2[C@H](c2cccc(-c3cnc(NCCOCCOCCOCCNC(=O)NCCCCNC(=O)NCCOCCOCCOCCNc4ncc(-c5cccc([C@@H]6CN(C)Cc7c(Cl)cc(Cl)cc76)c5)cn4)nc3)c2)C1.Cl. The maximum absolute atomic E-state index is 12.1. The number of unbranched alkanes of at least 4 members (excludes halogenated alkanes) is 1. The Hall–Kier alpha value is -5.69. The number of likely N-dealkylation sites (N-methyl/N-ethyl adjacent to an activating group) is 2. The molecule has 25 heteroatoms. The van der Waals surface area contributed by atoms with Gasteiger partial charge in [0.15, 0.2) is 0 Å². The van der Waals surface area contributed by atoms with Crippen LogP contribution in [0.4, 0.5) is 21.5 Å². The molecule has 2 aliphatic rings. The number of ether oxygens (including phenoxy) is 6. The van der Waals surface area contributed by atoms with E-state index in [1.165, 1.54) is 22.3 Å². The molecule has 2 aromatic heterocycles. The Bertz CT molecular complexity index is 2870. The van der Waals surface area contributed by atoms with E-state index >= 15 is 0 Å². The van der Waals surface area contributed by atoms with Crippen molar-refractivity contribution in [3.63, 3.8) is 0 Å². The molecule has 6 N–H and O–H groups in total. The van der Waals surface area contributed by atoms with E-state index in [9.17, 15) is 9.59 Å². The summed E-state index contributed by atoms with van der Waals surface area (Å²) in [4.78, 5) is 46.9. The van der Waals surface area contributed by atoms with Crippen LogP contribution in [-0.2, 0) is 41.5 Å². The number of carbonyl (C=O) groups excluding carboxylic acids is 2.